The quantitative estimate of drug-likeness (QED) is 0.577. The van der Waals surface area contributed by atoms with Crippen LogP contribution in [-0.2, 0) is 7.05 Å². The van der Waals surface area contributed by atoms with E-state index in [0.29, 0.717) is 11.6 Å². The van der Waals surface area contributed by atoms with Crippen molar-refractivity contribution in [2.75, 3.05) is 0 Å². The van der Waals surface area contributed by atoms with Gasteiger partial charge in [-0.05, 0) is 26.0 Å². The molecular formula is C18H17N7. The Morgan fingerprint density at radius 3 is 2.52 bits per heavy atom. The Balaban J connectivity index is 1.68. The highest BCUT2D eigenvalue weighted by atomic mass is 15.3. The Kier molecular flexibility index (Phi) is 3.61. The van der Waals surface area contributed by atoms with Crippen molar-refractivity contribution in [1.29, 1.82) is 0 Å². The summed E-state index contributed by atoms with van der Waals surface area (Å²) in [5.74, 6) is 2.05. The van der Waals surface area contributed by atoms with Crippen LogP contribution in [-0.4, -0.2) is 34.3 Å². The maximum Gasteiger partial charge on any atom is 0.181 e. The summed E-state index contributed by atoms with van der Waals surface area (Å²) in [5.41, 5.74) is 3.55. The molecule has 0 radical (unpaired) electrons. The number of hydrogen-bond acceptors (Lipinski definition) is 5. The van der Waals surface area contributed by atoms with Gasteiger partial charge in [-0.15, -0.1) is 5.10 Å². The number of aryl methyl sites for hydroxylation is 3. The third-order valence-corrected chi connectivity index (χ3v) is 3.94. The zero-order valence-corrected chi connectivity index (χ0v) is 14.2. The number of fused-ring (bicyclic) bond motifs is 1. The summed E-state index contributed by atoms with van der Waals surface area (Å²) in [4.78, 5) is 13.4. The summed E-state index contributed by atoms with van der Waals surface area (Å²) < 4.78 is 3.54. The first kappa shape index (κ1) is 15.2. The Hall–Kier alpha value is -3.35. The summed E-state index contributed by atoms with van der Waals surface area (Å²) in [6.45, 7) is 3.88. The lowest BCUT2D eigenvalue weighted by atomic mass is 10.2. The van der Waals surface area contributed by atoms with Crippen LogP contribution in [0, 0.1) is 13.8 Å². The molecule has 0 fully saturated rings. The fourth-order valence-electron chi connectivity index (χ4n) is 2.58. The highest BCUT2D eigenvalue weighted by Crippen LogP contribution is 2.16. The molecule has 4 aromatic rings. The van der Waals surface area contributed by atoms with Crippen molar-refractivity contribution in [2.45, 2.75) is 13.8 Å². The Labute approximate surface area is 144 Å². The summed E-state index contributed by atoms with van der Waals surface area (Å²) in [6, 6.07) is 9.90. The zero-order chi connectivity index (χ0) is 17.4. The number of nitrogens with zero attached hydrogens (tertiary/aromatic N) is 7. The SMILES string of the molecule is Cc1ncc(C)n2nc(C=Cc3nc(-c4ccccc4)nn3C)nc12. The highest BCUT2D eigenvalue weighted by Gasteiger charge is 2.09. The van der Waals surface area contributed by atoms with E-state index in [0.717, 1.165) is 28.4 Å². The van der Waals surface area contributed by atoms with Crippen LogP contribution in [0.2, 0.25) is 0 Å². The van der Waals surface area contributed by atoms with Gasteiger partial charge in [0.2, 0.25) is 0 Å². The van der Waals surface area contributed by atoms with Crippen molar-refractivity contribution in [3.8, 4) is 11.4 Å². The van der Waals surface area contributed by atoms with E-state index in [2.05, 4.69) is 25.1 Å². The van der Waals surface area contributed by atoms with Crippen molar-refractivity contribution in [1.82, 2.24) is 34.3 Å². The molecule has 0 N–H and O–H groups in total. The molecule has 0 aliphatic heterocycles. The van der Waals surface area contributed by atoms with Crippen LogP contribution in [0.4, 0.5) is 0 Å². The summed E-state index contributed by atoms with van der Waals surface area (Å²) in [5, 5.41) is 8.97. The van der Waals surface area contributed by atoms with E-state index < -0.39 is 0 Å². The standard InChI is InChI=1S/C18H17N7/c1-12-11-19-13(2)18-20-15(22-25(12)18)9-10-16-21-17(23-24(16)3)14-7-5-4-6-8-14/h4-11H,1-3H3. The number of rotatable bonds is 3. The second kappa shape index (κ2) is 5.94. The molecule has 25 heavy (non-hydrogen) atoms. The Morgan fingerprint density at radius 1 is 0.960 bits per heavy atom. The fourth-order valence-corrected chi connectivity index (χ4v) is 2.58. The number of hydrogen-bond donors (Lipinski definition) is 0. The van der Waals surface area contributed by atoms with Gasteiger partial charge in [0.1, 0.15) is 0 Å². The van der Waals surface area contributed by atoms with Gasteiger partial charge in [-0.3, -0.25) is 4.98 Å². The largest absolute Gasteiger partial charge is 0.256 e. The predicted molar refractivity (Wildman–Crippen MR) is 95.6 cm³/mol. The van der Waals surface area contributed by atoms with Crippen LogP contribution in [0.5, 0.6) is 0 Å². The molecular weight excluding hydrogens is 314 g/mol. The smallest absolute Gasteiger partial charge is 0.181 e. The monoisotopic (exact) mass is 331 g/mol. The third-order valence-electron chi connectivity index (χ3n) is 3.94. The number of aromatic nitrogens is 7. The van der Waals surface area contributed by atoms with Crippen LogP contribution in [0.3, 0.4) is 0 Å². The second-order valence-electron chi connectivity index (χ2n) is 5.81. The zero-order valence-electron chi connectivity index (χ0n) is 14.2. The van der Waals surface area contributed by atoms with Gasteiger partial charge in [-0.25, -0.2) is 19.2 Å². The normalized spacial score (nSPS) is 11.6. The van der Waals surface area contributed by atoms with E-state index in [9.17, 15) is 0 Å². The van der Waals surface area contributed by atoms with Crippen molar-refractivity contribution < 1.29 is 0 Å². The maximum atomic E-state index is 4.57. The van der Waals surface area contributed by atoms with Gasteiger partial charge in [0.15, 0.2) is 23.1 Å². The van der Waals surface area contributed by atoms with E-state index in [1.807, 2.05) is 63.4 Å². The van der Waals surface area contributed by atoms with Gasteiger partial charge >= 0.3 is 0 Å². The van der Waals surface area contributed by atoms with Crippen molar-refractivity contribution in [3.63, 3.8) is 0 Å². The Morgan fingerprint density at radius 2 is 1.76 bits per heavy atom. The van der Waals surface area contributed by atoms with Crippen LogP contribution >= 0.6 is 0 Å². The van der Waals surface area contributed by atoms with Crippen LogP contribution < -0.4 is 0 Å². The van der Waals surface area contributed by atoms with Gasteiger partial charge in [0.25, 0.3) is 0 Å². The van der Waals surface area contributed by atoms with E-state index >= 15 is 0 Å². The maximum absolute atomic E-state index is 4.57. The molecule has 0 aliphatic rings. The van der Waals surface area contributed by atoms with E-state index in [-0.39, 0.29) is 0 Å². The van der Waals surface area contributed by atoms with Crippen molar-refractivity contribution in [2.24, 2.45) is 7.05 Å². The number of benzene rings is 1. The topological polar surface area (TPSA) is 73.8 Å². The molecule has 0 atom stereocenters. The van der Waals surface area contributed by atoms with Gasteiger partial charge in [0.05, 0.1) is 11.4 Å². The van der Waals surface area contributed by atoms with Crippen LogP contribution in [0.1, 0.15) is 23.0 Å². The lowest BCUT2D eigenvalue weighted by Gasteiger charge is -1.97. The lowest BCUT2D eigenvalue weighted by molar-refractivity contribution is 0.759. The summed E-state index contributed by atoms with van der Waals surface area (Å²) >= 11 is 0. The van der Waals surface area contributed by atoms with Crippen molar-refractivity contribution >= 4 is 17.8 Å². The molecule has 0 bridgehead atoms. The highest BCUT2D eigenvalue weighted by molar-refractivity contribution is 5.66. The minimum atomic E-state index is 0.614. The first-order valence-electron chi connectivity index (χ1n) is 7.95. The molecule has 1 aromatic carbocycles. The van der Waals surface area contributed by atoms with E-state index in [4.69, 9.17) is 0 Å². The molecule has 7 nitrogen and oxygen atoms in total. The first-order chi connectivity index (χ1) is 12.1. The van der Waals surface area contributed by atoms with Crippen LogP contribution in [0.15, 0.2) is 36.5 Å². The molecule has 0 unspecified atom stereocenters. The minimum absolute atomic E-state index is 0.614. The predicted octanol–water partition coefficient (Wildman–Crippen LogP) is 2.71. The van der Waals surface area contributed by atoms with Gasteiger partial charge < -0.3 is 0 Å². The lowest BCUT2D eigenvalue weighted by Crippen LogP contribution is -1.97. The average molecular weight is 331 g/mol. The second-order valence-corrected chi connectivity index (χ2v) is 5.81. The van der Waals surface area contributed by atoms with E-state index in [1.54, 1.807) is 15.4 Å². The molecule has 3 heterocycles. The molecule has 4 rings (SSSR count). The van der Waals surface area contributed by atoms with Crippen LogP contribution in [0.25, 0.3) is 29.2 Å². The van der Waals surface area contributed by atoms with Gasteiger partial charge in [0, 0.05) is 18.8 Å². The van der Waals surface area contributed by atoms with E-state index in [1.165, 1.54) is 0 Å². The molecule has 3 aromatic heterocycles. The minimum Gasteiger partial charge on any atom is -0.256 e. The first-order valence-corrected chi connectivity index (χ1v) is 7.95. The molecule has 0 saturated carbocycles. The Bertz CT molecular complexity index is 1030. The molecule has 7 heteroatoms. The molecule has 0 spiro atoms. The molecule has 124 valence electrons. The molecule has 0 aliphatic carbocycles. The molecule has 0 saturated heterocycles. The summed E-state index contributed by atoms with van der Waals surface area (Å²) in [7, 11) is 1.87. The van der Waals surface area contributed by atoms with Gasteiger partial charge in [-0.2, -0.15) is 5.10 Å². The van der Waals surface area contributed by atoms with Crippen molar-refractivity contribution in [3.05, 3.63) is 59.6 Å². The summed E-state index contributed by atoms with van der Waals surface area (Å²) in [6.07, 6.45) is 5.50. The molecule has 0 amide bonds. The average Bonchev–Trinajstić information content (AvgIpc) is 3.22. The van der Waals surface area contributed by atoms with Gasteiger partial charge in [-0.1, -0.05) is 30.3 Å². The third kappa shape index (κ3) is 2.80. The fraction of sp³-hybridized carbons (Fsp3) is 0.167.